The van der Waals surface area contributed by atoms with Crippen LogP contribution in [0, 0.1) is 11.6 Å². The quantitative estimate of drug-likeness (QED) is 0.734. The first-order valence-electron chi connectivity index (χ1n) is 6.57. The third-order valence-electron chi connectivity index (χ3n) is 3.29. The Labute approximate surface area is 120 Å². The van der Waals surface area contributed by atoms with Crippen molar-refractivity contribution in [2.24, 2.45) is 0 Å². The largest absolute Gasteiger partial charge is 0.396 e. The van der Waals surface area contributed by atoms with Gasteiger partial charge in [-0.2, -0.15) is 0 Å². The molecule has 0 atom stereocenters. The number of nitrogen functional groups attached to an aromatic ring is 1. The molecule has 0 bridgehead atoms. The molecule has 0 aliphatic rings. The lowest BCUT2D eigenvalue weighted by Gasteiger charge is -2.13. The van der Waals surface area contributed by atoms with Crippen LogP contribution in [-0.2, 0) is 0 Å². The molecule has 0 radical (unpaired) electrons. The van der Waals surface area contributed by atoms with E-state index in [1.807, 2.05) is 18.4 Å². The van der Waals surface area contributed by atoms with E-state index in [0.29, 0.717) is 17.0 Å². The first-order valence-corrected chi connectivity index (χ1v) is 6.57. The number of rotatable bonds is 2. The molecule has 0 amide bonds. The number of nitrogens with zero attached hydrogens (tertiary/aromatic N) is 3. The number of imidazole rings is 1. The summed E-state index contributed by atoms with van der Waals surface area (Å²) in [5, 5.41) is 0. The van der Waals surface area contributed by atoms with Crippen molar-refractivity contribution in [3.8, 4) is 11.4 Å². The molecule has 1 aromatic carbocycles. The van der Waals surface area contributed by atoms with Gasteiger partial charge < -0.3 is 10.3 Å². The Bertz CT molecular complexity index is 824. The molecule has 2 aromatic heterocycles. The molecule has 3 rings (SSSR count). The van der Waals surface area contributed by atoms with E-state index in [1.54, 1.807) is 18.3 Å². The van der Waals surface area contributed by atoms with Gasteiger partial charge in [-0.25, -0.2) is 18.7 Å². The molecular weight excluding hydrogens is 274 g/mol. The van der Waals surface area contributed by atoms with E-state index in [0.717, 1.165) is 6.07 Å². The van der Waals surface area contributed by atoms with Gasteiger partial charge in [0.05, 0.1) is 11.3 Å². The van der Waals surface area contributed by atoms with E-state index in [2.05, 4.69) is 9.97 Å². The van der Waals surface area contributed by atoms with Crippen LogP contribution < -0.4 is 5.73 Å². The summed E-state index contributed by atoms with van der Waals surface area (Å²) in [6, 6.07) is 5.63. The van der Waals surface area contributed by atoms with Gasteiger partial charge >= 0.3 is 0 Å². The van der Waals surface area contributed by atoms with Crippen LogP contribution in [-0.4, -0.2) is 14.5 Å². The zero-order valence-corrected chi connectivity index (χ0v) is 11.6. The van der Waals surface area contributed by atoms with E-state index < -0.39 is 11.6 Å². The van der Waals surface area contributed by atoms with Gasteiger partial charge in [0.25, 0.3) is 0 Å². The number of fused-ring (bicyclic) bond motifs is 1. The number of hydrogen-bond donors (Lipinski definition) is 1. The molecule has 4 nitrogen and oxygen atoms in total. The van der Waals surface area contributed by atoms with Gasteiger partial charge in [-0.15, -0.1) is 0 Å². The van der Waals surface area contributed by atoms with E-state index in [-0.39, 0.29) is 17.3 Å². The van der Waals surface area contributed by atoms with Crippen LogP contribution in [0.2, 0.25) is 0 Å². The predicted octanol–water partition coefficient (Wildman–Crippen LogP) is 3.54. The van der Waals surface area contributed by atoms with Crippen molar-refractivity contribution in [2.75, 3.05) is 5.73 Å². The Morgan fingerprint density at radius 3 is 2.67 bits per heavy atom. The van der Waals surface area contributed by atoms with Gasteiger partial charge in [0.1, 0.15) is 23.0 Å². The van der Waals surface area contributed by atoms with Crippen molar-refractivity contribution in [3.63, 3.8) is 0 Å². The molecule has 21 heavy (non-hydrogen) atoms. The van der Waals surface area contributed by atoms with E-state index in [4.69, 9.17) is 5.73 Å². The fraction of sp³-hybridized carbons (Fsp3) is 0.200. The summed E-state index contributed by atoms with van der Waals surface area (Å²) in [6.07, 6.45) is 1.65. The van der Waals surface area contributed by atoms with Crippen LogP contribution in [0.3, 0.4) is 0 Å². The number of halogens is 2. The molecule has 0 fully saturated rings. The minimum Gasteiger partial charge on any atom is -0.396 e. The molecule has 0 saturated carbocycles. The summed E-state index contributed by atoms with van der Waals surface area (Å²) in [7, 11) is 0. The number of nitrogens with two attached hydrogens (primary N) is 1. The molecule has 108 valence electrons. The summed E-state index contributed by atoms with van der Waals surface area (Å²) in [4.78, 5) is 8.71. The van der Waals surface area contributed by atoms with E-state index >= 15 is 0 Å². The molecule has 3 aromatic rings. The summed E-state index contributed by atoms with van der Waals surface area (Å²) in [5.41, 5.74) is 6.92. The van der Waals surface area contributed by atoms with Gasteiger partial charge in [0.15, 0.2) is 5.65 Å². The Hall–Kier alpha value is -2.50. The van der Waals surface area contributed by atoms with Gasteiger partial charge in [-0.3, -0.25) is 0 Å². The van der Waals surface area contributed by atoms with Crippen molar-refractivity contribution >= 4 is 16.9 Å². The minimum absolute atomic E-state index is 0.0191. The number of hydrogen-bond acceptors (Lipinski definition) is 3. The van der Waals surface area contributed by atoms with Crippen LogP contribution in [0.25, 0.3) is 22.6 Å². The number of pyridine rings is 1. The van der Waals surface area contributed by atoms with Gasteiger partial charge in [-0.05, 0) is 32.0 Å². The van der Waals surface area contributed by atoms with Gasteiger partial charge in [-0.1, -0.05) is 0 Å². The first-order chi connectivity index (χ1) is 9.99. The molecule has 0 aliphatic carbocycles. The molecule has 0 aliphatic heterocycles. The summed E-state index contributed by atoms with van der Waals surface area (Å²) >= 11 is 0. The Balaban J connectivity index is 2.35. The zero-order chi connectivity index (χ0) is 15.1. The molecule has 0 saturated heterocycles. The lowest BCUT2D eigenvalue weighted by Crippen LogP contribution is -2.06. The second kappa shape index (κ2) is 4.80. The topological polar surface area (TPSA) is 56.7 Å². The third-order valence-corrected chi connectivity index (χ3v) is 3.29. The number of benzene rings is 1. The average Bonchev–Trinajstić information content (AvgIpc) is 2.82. The van der Waals surface area contributed by atoms with Gasteiger partial charge in [0, 0.05) is 18.3 Å². The predicted molar refractivity (Wildman–Crippen MR) is 77.7 cm³/mol. The first kappa shape index (κ1) is 13.5. The minimum atomic E-state index is -0.776. The average molecular weight is 288 g/mol. The van der Waals surface area contributed by atoms with Crippen LogP contribution in [0.5, 0.6) is 0 Å². The molecule has 2 heterocycles. The van der Waals surface area contributed by atoms with Crippen molar-refractivity contribution in [3.05, 3.63) is 42.1 Å². The second-order valence-electron chi connectivity index (χ2n) is 5.10. The maximum Gasteiger partial charge on any atom is 0.160 e. The monoisotopic (exact) mass is 288 g/mol. The van der Waals surface area contributed by atoms with Crippen molar-refractivity contribution in [1.29, 1.82) is 0 Å². The second-order valence-corrected chi connectivity index (χ2v) is 5.10. The maximum atomic E-state index is 14.1. The molecule has 6 heteroatoms. The summed E-state index contributed by atoms with van der Waals surface area (Å²) in [5.74, 6) is -1.08. The highest BCUT2D eigenvalue weighted by atomic mass is 19.1. The van der Waals surface area contributed by atoms with Crippen molar-refractivity contribution in [1.82, 2.24) is 14.5 Å². The maximum absolute atomic E-state index is 14.1. The van der Waals surface area contributed by atoms with Crippen molar-refractivity contribution in [2.45, 2.75) is 19.9 Å². The lowest BCUT2D eigenvalue weighted by molar-refractivity contribution is 0.582. The standard InChI is InChI=1S/C15H14F2N4/c1-8(2)21-14(20-13-4-3-5-19-15(13)21)9-6-12(18)11(17)7-10(9)16/h3-8H,18H2,1-2H3. The van der Waals surface area contributed by atoms with Crippen LogP contribution in [0.4, 0.5) is 14.5 Å². The molecule has 0 unspecified atom stereocenters. The van der Waals surface area contributed by atoms with E-state index in [1.165, 1.54) is 6.07 Å². The van der Waals surface area contributed by atoms with Crippen LogP contribution in [0.15, 0.2) is 30.5 Å². The lowest BCUT2D eigenvalue weighted by atomic mass is 10.1. The fourth-order valence-electron chi connectivity index (χ4n) is 2.35. The molecule has 0 spiro atoms. The van der Waals surface area contributed by atoms with Gasteiger partial charge in [0.2, 0.25) is 0 Å². The Morgan fingerprint density at radius 1 is 1.19 bits per heavy atom. The SMILES string of the molecule is CC(C)n1c(-c2cc(N)c(F)cc2F)nc2cccnc21. The highest BCUT2D eigenvalue weighted by Gasteiger charge is 2.19. The normalized spacial score (nSPS) is 11.5. The number of aromatic nitrogens is 3. The van der Waals surface area contributed by atoms with Crippen LogP contribution >= 0.6 is 0 Å². The molecule has 2 N–H and O–H groups in total. The summed E-state index contributed by atoms with van der Waals surface area (Å²) in [6.45, 7) is 3.90. The smallest absolute Gasteiger partial charge is 0.160 e. The number of anilines is 1. The third kappa shape index (κ3) is 2.12. The van der Waals surface area contributed by atoms with Crippen molar-refractivity contribution < 1.29 is 8.78 Å². The van der Waals surface area contributed by atoms with Crippen LogP contribution in [0.1, 0.15) is 19.9 Å². The summed E-state index contributed by atoms with van der Waals surface area (Å²) < 4.78 is 29.3. The Kier molecular flexibility index (Phi) is 3.08. The van der Waals surface area contributed by atoms with E-state index in [9.17, 15) is 8.78 Å². The Morgan fingerprint density at radius 2 is 1.95 bits per heavy atom. The zero-order valence-electron chi connectivity index (χ0n) is 11.6. The highest BCUT2D eigenvalue weighted by molar-refractivity contribution is 5.78. The highest BCUT2D eigenvalue weighted by Crippen LogP contribution is 2.31. The fourth-order valence-corrected chi connectivity index (χ4v) is 2.35. The molecular formula is C15H14F2N4.